The molecule has 100 valence electrons. The summed E-state index contributed by atoms with van der Waals surface area (Å²) in [5.41, 5.74) is 0.828. The third kappa shape index (κ3) is 2.58. The fraction of sp³-hybridized carbons (Fsp3) is 0. The molecule has 0 atom stereocenters. The molecule has 0 aliphatic rings. The second-order valence-electron chi connectivity index (χ2n) is 3.91. The molecule has 3 aromatic rings. The van der Waals surface area contributed by atoms with E-state index in [-0.39, 0.29) is 0 Å². The van der Waals surface area contributed by atoms with Crippen LogP contribution in [0.3, 0.4) is 0 Å². The zero-order valence-corrected chi connectivity index (χ0v) is 12.5. The average molecular weight is 321 g/mol. The van der Waals surface area contributed by atoms with E-state index in [1.165, 1.54) is 0 Å². The van der Waals surface area contributed by atoms with E-state index < -0.39 is 0 Å². The van der Waals surface area contributed by atoms with Crippen molar-refractivity contribution in [2.75, 3.05) is 0 Å². The number of aromatic nitrogens is 3. The van der Waals surface area contributed by atoms with Gasteiger partial charge >= 0.3 is 0 Å². The first-order valence-electron chi connectivity index (χ1n) is 5.76. The largest absolute Gasteiger partial charge is 0.250 e. The van der Waals surface area contributed by atoms with Crippen LogP contribution < -0.4 is 0 Å². The molecule has 3 rings (SSSR count). The Labute approximate surface area is 129 Å². The number of H-pyrrole nitrogens is 1. The van der Waals surface area contributed by atoms with Gasteiger partial charge in [-0.15, -0.1) is 11.3 Å². The first-order valence-corrected chi connectivity index (χ1v) is 7.42. The van der Waals surface area contributed by atoms with Crippen LogP contribution >= 0.6 is 35.2 Å². The Balaban J connectivity index is 2.02. The highest BCUT2D eigenvalue weighted by molar-refractivity contribution is 7.71. The predicted octanol–water partition coefficient (Wildman–Crippen LogP) is 4.20. The van der Waals surface area contributed by atoms with Crippen molar-refractivity contribution >= 4 is 41.4 Å². The molecule has 0 aliphatic carbocycles. The summed E-state index contributed by atoms with van der Waals surface area (Å²) in [5.74, 6) is 0.688. The molecule has 0 radical (unpaired) electrons. The second kappa shape index (κ2) is 5.70. The molecule has 1 aromatic carbocycles. The number of hydrogen-bond acceptors (Lipinski definition) is 4. The summed E-state index contributed by atoms with van der Waals surface area (Å²) in [6, 6.07) is 11.4. The summed E-state index contributed by atoms with van der Waals surface area (Å²) >= 11 is 12.9. The van der Waals surface area contributed by atoms with Crippen LogP contribution in [0.5, 0.6) is 0 Å². The molecule has 0 spiro atoms. The molecule has 0 saturated heterocycles. The third-order valence-corrected chi connectivity index (χ3v) is 4.08. The third-order valence-electron chi connectivity index (χ3n) is 2.61. The molecule has 2 heterocycles. The summed E-state index contributed by atoms with van der Waals surface area (Å²) in [6.07, 6.45) is 1.67. The smallest absolute Gasteiger partial charge is 0.216 e. The van der Waals surface area contributed by atoms with Crippen LogP contribution in [0.25, 0.3) is 10.7 Å². The van der Waals surface area contributed by atoms with Crippen molar-refractivity contribution in [2.45, 2.75) is 0 Å². The molecule has 0 amide bonds. The number of rotatable bonds is 3. The van der Waals surface area contributed by atoms with Gasteiger partial charge in [0.05, 0.1) is 11.1 Å². The standard InChI is InChI=1S/C13H9ClN4S2/c14-10-5-2-1-4-9(10)8-15-18-12(16-17-13(18)19)11-6-3-7-20-11/h1-8H,(H,17,19)/b15-8-. The van der Waals surface area contributed by atoms with Gasteiger partial charge in [0.15, 0.2) is 5.82 Å². The first-order chi connectivity index (χ1) is 9.75. The molecule has 0 bridgehead atoms. The summed E-state index contributed by atoms with van der Waals surface area (Å²) in [6.45, 7) is 0. The van der Waals surface area contributed by atoms with Gasteiger partial charge < -0.3 is 0 Å². The van der Waals surface area contributed by atoms with Crippen LogP contribution in [0.2, 0.25) is 5.02 Å². The lowest BCUT2D eigenvalue weighted by Gasteiger charge is -1.99. The van der Waals surface area contributed by atoms with E-state index in [9.17, 15) is 0 Å². The highest BCUT2D eigenvalue weighted by atomic mass is 35.5. The van der Waals surface area contributed by atoms with Gasteiger partial charge in [-0.25, -0.2) is 5.10 Å². The monoisotopic (exact) mass is 320 g/mol. The van der Waals surface area contributed by atoms with Crippen molar-refractivity contribution in [1.82, 2.24) is 14.9 Å². The second-order valence-corrected chi connectivity index (χ2v) is 5.65. The highest BCUT2D eigenvalue weighted by Gasteiger charge is 2.08. The van der Waals surface area contributed by atoms with Crippen molar-refractivity contribution in [2.24, 2.45) is 5.10 Å². The Morgan fingerprint density at radius 3 is 2.90 bits per heavy atom. The maximum absolute atomic E-state index is 6.10. The molecule has 0 saturated carbocycles. The molecular formula is C13H9ClN4S2. The molecule has 1 N–H and O–H groups in total. The first kappa shape index (κ1) is 13.2. The number of halogens is 1. The summed E-state index contributed by atoms with van der Waals surface area (Å²) < 4.78 is 2.03. The molecule has 2 aromatic heterocycles. The minimum Gasteiger partial charge on any atom is -0.250 e. The Kier molecular flexibility index (Phi) is 3.77. The Hall–Kier alpha value is -1.76. The van der Waals surface area contributed by atoms with E-state index in [0.29, 0.717) is 15.6 Å². The minimum absolute atomic E-state index is 0.441. The zero-order valence-electron chi connectivity index (χ0n) is 10.2. The lowest BCUT2D eigenvalue weighted by molar-refractivity contribution is 0.873. The number of hydrogen-bond donors (Lipinski definition) is 1. The predicted molar refractivity (Wildman–Crippen MR) is 85.2 cm³/mol. The fourth-order valence-electron chi connectivity index (χ4n) is 1.66. The van der Waals surface area contributed by atoms with Gasteiger partial charge in [-0.05, 0) is 29.7 Å². The topological polar surface area (TPSA) is 46.0 Å². The van der Waals surface area contributed by atoms with Crippen LogP contribution in [0.1, 0.15) is 5.56 Å². The molecule has 20 heavy (non-hydrogen) atoms. The van der Waals surface area contributed by atoms with Crippen molar-refractivity contribution in [3.63, 3.8) is 0 Å². The Morgan fingerprint density at radius 2 is 2.15 bits per heavy atom. The van der Waals surface area contributed by atoms with Gasteiger partial charge in [0.1, 0.15) is 0 Å². The lowest BCUT2D eigenvalue weighted by Crippen LogP contribution is -1.94. The van der Waals surface area contributed by atoms with Crippen LogP contribution in [-0.2, 0) is 0 Å². The molecule has 0 fully saturated rings. The van der Waals surface area contributed by atoms with Crippen LogP contribution in [0.4, 0.5) is 0 Å². The normalized spacial score (nSPS) is 11.2. The van der Waals surface area contributed by atoms with Crippen molar-refractivity contribution < 1.29 is 0 Å². The van der Waals surface area contributed by atoms with Gasteiger partial charge in [0, 0.05) is 10.6 Å². The summed E-state index contributed by atoms with van der Waals surface area (Å²) in [5, 5.41) is 13.9. The Morgan fingerprint density at radius 1 is 1.30 bits per heavy atom. The molecule has 0 aliphatic heterocycles. The number of aromatic amines is 1. The molecule has 0 unspecified atom stereocenters. The van der Waals surface area contributed by atoms with Gasteiger partial charge in [-0.3, -0.25) is 0 Å². The lowest BCUT2D eigenvalue weighted by atomic mass is 10.2. The number of benzene rings is 1. The summed E-state index contributed by atoms with van der Waals surface area (Å²) in [7, 11) is 0. The van der Waals surface area contributed by atoms with Crippen molar-refractivity contribution in [3.8, 4) is 10.7 Å². The van der Waals surface area contributed by atoms with Gasteiger partial charge in [-0.2, -0.15) is 14.9 Å². The van der Waals surface area contributed by atoms with E-state index in [0.717, 1.165) is 10.4 Å². The highest BCUT2D eigenvalue weighted by Crippen LogP contribution is 2.22. The van der Waals surface area contributed by atoms with E-state index in [1.807, 2.05) is 41.8 Å². The van der Waals surface area contributed by atoms with Crippen LogP contribution in [-0.4, -0.2) is 21.1 Å². The van der Waals surface area contributed by atoms with E-state index >= 15 is 0 Å². The van der Waals surface area contributed by atoms with E-state index in [1.54, 1.807) is 22.2 Å². The van der Waals surface area contributed by atoms with E-state index in [2.05, 4.69) is 15.3 Å². The number of nitrogens with zero attached hydrogens (tertiary/aromatic N) is 3. The quantitative estimate of drug-likeness (QED) is 0.580. The van der Waals surface area contributed by atoms with Crippen molar-refractivity contribution in [3.05, 3.63) is 57.1 Å². The number of nitrogens with one attached hydrogen (secondary N) is 1. The fourth-order valence-corrected chi connectivity index (χ4v) is 2.73. The van der Waals surface area contributed by atoms with Crippen LogP contribution in [0, 0.1) is 4.77 Å². The maximum atomic E-state index is 6.10. The maximum Gasteiger partial charge on any atom is 0.216 e. The number of thiophene rings is 1. The van der Waals surface area contributed by atoms with Gasteiger partial charge in [0.25, 0.3) is 0 Å². The summed E-state index contributed by atoms with van der Waals surface area (Å²) in [4.78, 5) is 0.994. The molecule has 7 heteroatoms. The minimum atomic E-state index is 0.441. The van der Waals surface area contributed by atoms with Gasteiger partial charge in [0.2, 0.25) is 4.77 Å². The molecular weight excluding hydrogens is 312 g/mol. The van der Waals surface area contributed by atoms with Gasteiger partial charge in [-0.1, -0.05) is 35.9 Å². The average Bonchev–Trinajstić information content (AvgIpc) is 3.08. The van der Waals surface area contributed by atoms with Crippen molar-refractivity contribution in [1.29, 1.82) is 0 Å². The Bertz CT molecular complexity index is 802. The molecule has 4 nitrogen and oxygen atoms in total. The van der Waals surface area contributed by atoms with E-state index in [4.69, 9.17) is 23.8 Å². The zero-order chi connectivity index (χ0) is 13.9. The van der Waals surface area contributed by atoms with Crippen LogP contribution in [0.15, 0.2) is 46.9 Å². The SMILES string of the molecule is S=c1[nH]nc(-c2cccs2)n1/N=C\c1ccccc1Cl.